The Morgan fingerprint density at radius 1 is 0.857 bits per heavy atom. The Morgan fingerprint density at radius 2 is 1.43 bits per heavy atom. The van der Waals surface area contributed by atoms with E-state index in [-0.39, 0.29) is 16.7 Å². The van der Waals surface area contributed by atoms with E-state index in [1.165, 1.54) is 17.0 Å². The fraction of sp³-hybridized carbons (Fsp3) is 0.474. The molecule has 0 amide bonds. The number of hydrogen-bond donors (Lipinski definition) is 2. The minimum absolute atomic E-state index is 0.0942. The van der Waals surface area contributed by atoms with Crippen molar-refractivity contribution in [3.63, 3.8) is 0 Å². The summed E-state index contributed by atoms with van der Waals surface area (Å²) >= 11 is 0. The standard InChI is InChI=1S/C19H27NO/c1-18(2,3)16-12-11-15(20-16)17(19(4,5)6)13-7-9-14(21)10-8-13/h7-12,17,20-21H,1-6H3. The minimum atomic E-state index is 0.0942. The van der Waals surface area contributed by atoms with Crippen LogP contribution in [0.1, 0.15) is 64.4 Å². The lowest BCUT2D eigenvalue weighted by Gasteiger charge is -2.31. The van der Waals surface area contributed by atoms with Crippen LogP contribution < -0.4 is 0 Å². The molecule has 0 fully saturated rings. The van der Waals surface area contributed by atoms with Gasteiger partial charge in [0.25, 0.3) is 0 Å². The van der Waals surface area contributed by atoms with E-state index in [9.17, 15) is 5.11 Å². The number of H-pyrrole nitrogens is 1. The smallest absolute Gasteiger partial charge is 0.115 e. The quantitative estimate of drug-likeness (QED) is 0.782. The highest BCUT2D eigenvalue weighted by atomic mass is 16.3. The van der Waals surface area contributed by atoms with Crippen LogP contribution in [0.4, 0.5) is 0 Å². The van der Waals surface area contributed by atoms with Gasteiger partial charge in [0.2, 0.25) is 0 Å². The van der Waals surface area contributed by atoms with Crippen molar-refractivity contribution in [1.29, 1.82) is 0 Å². The molecule has 0 aliphatic carbocycles. The van der Waals surface area contributed by atoms with Crippen LogP contribution in [0.15, 0.2) is 36.4 Å². The van der Waals surface area contributed by atoms with E-state index in [0.29, 0.717) is 5.75 Å². The summed E-state index contributed by atoms with van der Waals surface area (Å²) in [6.45, 7) is 13.4. The van der Waals surface area contributed by atoms with Gasteiger partial charge in [-0.05, 0) is 35.2 Å². The third-order valence-corrected chi connectivity index (χ3v) is 3.92. The van der Waals surface area contributed by atoms with Crippen LogP contribution in [0, 0.1) is 5.41 Å². The number of hydrogen-bond acceptors (Lipinski definition) is 1. The highest BCUT2D eigenvalue weighted by Gasteiger charge is 2.30. The predicted octanol–water partition coefficient (Wildman–Crippen LogP) is 5.20. The highest BCUT2D eigenvalue weighted by Crippen LogP contribution is 2.41. The maximum atomic E-state index is 9.51. The molecule has 1 aromatic heterocycles. The lowest BCUT2D eigenvalue weighted by atomic mass is 9.74. The van der Waals surface area contributed by atoms with Gasteiger partial charge in [-0.3, -0.25) is 0 Å². The summed E-state index contributed by atoms with van der Waals surface area (Å²) < 4.78 is 0. The number of rotatable bonds is 2. The zero-order chi connectivity index (χ0) is 15.8. The molecule has 0 radical (unpaired) electrons. The van der Waals surface area contributed by atoms with Gasteiger partial charge >= 0.3 is 0 Å². The van der Waals surface area contributed by atoms with E-state index in [4.69, 9.17) is 0 Å². The lowest BCUT2D eigenvalue weighted by molar-refractivity contribution is 0.353. The van der Waals surface area contributed by atoms with Gasteiger partial charge in [-0.1, -0.05) is 53.7 Å². The highest BCUT2D eigenvalue weighted by molar-refractivity contribution is 5.36. The van der Waals surface area contributed by atoms with Crippen molar-refractivity contribution in [3.8, 4) is 5.75 Å². The molecule has 2 rings (SSSR count). The van der Waals surface area contributed by atoms with Crippen LogP contribution in [-0.4, -0.2) is 10.1 Å². The maximum absolute atomic E-state index is 9.51. The summed E-state index contributed by atoms with van der Waals surface area (Å²) in [7, 11) is 0. The molecular weight excluding hydrogens is 258 g/mol. The predicted molar refractivity (Wildman–Crippen MR) is 88.9 cm³/mol. The van der Waals surface area contributed by atoms with Gasteiger partial charge in [-0.2, -0.15) is 0 Å². The Morgan fingerprint density at radius 3 is 1.86 bits per heavy atom. The fourth-order valence-corrected chi connectivity index (χ4v) is 2.83. The molecule has 0 bridgehead atoms. The van der Waals surface area contributed by atoms with E-state index in [1.54, 1.807) is 12.1 Å². The first-order valence-electron chi connectivity index (χ1n) is 7.57. The second kappa shape index (κ2) is 5.25. The molecule has 2 aromatic rings. The molecular formula is C19H27NO. The second-order valence-electron chi connectivity index (χ2n) is 7.97. The molecule has 1 atom stereocenters. The lowest BCUT2D eigenvalue weighted by Crippen LogP contribution is -2.20. The SMILES string of the molecule is CC(C)(C)c1ccc(C(c2ccc(O)cc2)C(C)(C)C)[nH]1. The Bertz CT molecular complexity index is 594. The molecule has 21 heavy (non-hydrogen) atoms. The van der Waals surface area contributed by atoms with E-state index < -0.39 is 0 Å². The molecule has 2 heteroatoms. The van der Waals surface area contributed by atoms with Crippen LogP contribution >= 0.6 is 0 Å². The van der Waals surface area contributed by atoms with Gasteiger partial charge in [0.05, 0.1) is 0 Å². The number of phenols is 1. The summed E-state index contributed by atoms with van der Waals surface area (Å²) in [6.07, 6.45) is 0. The average molecular weight is 285 g/mol. The van der Waals surface area contributed by atoms with E-state index in [0.717, 1.165) is 0 Å². The molecule has 1 heterocycles. The first-order chi connectivity index (χ1) is 9.59. The van der Waals surface area contributed by atoms with Gasteiger partial charge in [-0.15, -0.1) is 0 Å². The Balaban J connectivity index is 2.47. The second-order valence-corrected chi connectivity index (χ2v) is 7.97. The first kappa shape index (κ1) is 15.7. The number of nitrogens with one attached hydrogen (secondary N) is 1. The summed E-state index contributed by atoms with van der Waals surface area (Å²) in [6, 6.07) is 12.0. The van der Waals surface area contributed by atoms with Gasteiger partial charge < -0.3 is 10.1 Å². The molecule has 0 saturated carbocycles. The molecule has 1 unspecified atom stereocenters. The number of benzene rings is 1. The Hall–Kier alpha value is -1.70. The van der Waals surface area contributed by atoms with Crippen molar-refractivity contribution in [2.45, 2.75) is 52.9 Å². The summed E-state index contributed by atoms with van der Waals surface area (Å²) in [5.74, 6) is 0.586. The summed E-state index contributed by atoms with van der Waals surface area (Å²) in [5, 5.41) is 9.51. The van der Waals surface area contributed by atoms with Crippen molar-refractivity contribution in [2.24, 2.45) is 5.41 Å². The topological polar surface area (TPSA) is 36.0 Å². The molecule has 0 aliphatic heterocycles. The van der Waals surface area contributed by atoms with Crippen LogP contribution in [0.5, 0.6) is 5.75 Å². The van der Waals surface area contributed by atoms with Gasteiger partial charge in [0, 0.05) is 22.7 Å². The summed E-state index contributed by atoms with van der Waals surface area (Å²) in [4.78, 5) is 3.61. The third-order valence-electron chi connectivity index (χ3n) is 3.92. The molecule has 0 spiro atoms. The maximum Gasteiger partial charge on any atom is 0.115 e. The van der Waals surface area contributed by atoms with E-state index in [1.807, 2.05) is 12.1 Å². The molecule has 0 saturated heterocycles. The number of aromatic hydroxyl groups is 1. The van der Waals surface area contributed by atoms with Gasteiger partial charge in [0.15, 0.2) is 0 Å². The van der Waals surface area contributed by atoms with Crippen molar-refractivity contribution in [2.75, 3.05) is 0 Å². The molecule has 0 aliphatic rings. The zero-order valence-corrected chi connectivity index (χ0v) is 14.0. The van der Waals surface area contributed by atoms with Crippen LogP contribution in [0.25, 0.3) is 0 Å². The first-order valence-corrected chi connectivity index (χ1v) is 7.57. The number of phenolic OH excluding ortho intramolecular Hbond substituents is 1. The Kier molecular flexibility index (Phi) is 3.92. The monoisotopic (exact) mass is 285 g/mol. The van der Waals surface area contributed by atoms with Crippen molar-refractivity contribution < 1.29 is 5.11 Å². The molecule has 1 aromatic carbocycles. The minimum Gasteiger partial charge on any atom is -0.508 e. The van der Waals surface area contributed by atoms with Gasteiger partial charge in [0.1, 0.15) is 5.75 Å². The average Bonchev–Trinajstić information content (AvgIpc) is 2.79. The largest absolute Gasteiger partial charge is 0.508 e. The molecule has 2 N–H and O–H groups in total. The molecule has 2 nitrogen and oxygen atoms in total. The van der Waals surface area contributed by atoms with Crippen molar-refractivity contribution in [3.05, 3.63) is 53.3 Å². The summed E-state index contributed by atoms with van der Waals surface area (Å²) in [5.41, 5.74) is 3.93. The van der Waals surface area contributed by atoms with E-state index >= 15 is 0 Å². The Labute approximate surface area is 128 Å². The van der Waals surface area contributed by atoms with E-state index in [2.05, 4.69) is 58.7 Å². The van der Waals surface area contributed by atoms with Crippen LogP contribution in [0.2, 0.25) is 0 Å². The fourth-order valence-electron chi connectivity index (χ4n) is 2.83. The van der Waals surface area contributed by atoms with Gasteiger partial charge in [-0.25, -0.2) is 0 Å². The van der Waals surface area contributed by atoms with Crippen LogP contribution in [-0.2, 0) is 5.41 Å². The normalized spacial score (nSPS) is 14.2. The molecule has 114 valence electrons. The number of aromatic amines is 1. The number of aromatic nitrogens is 1. The van der Waals surface area contributed by atoms with Crippen LogP contribution in [0.3, 0.4) is 0 Å². The van der Waals surface area contributed by atoms with Crippen molar-refractivity contribution in [1.82, 2.24) is 4.98 Å². The third kappa shape index (κ3) is 3.49. The van der Waals surface area contributed by atoms with Crippen molar-refractivity contribution >= 4 is 0 Å². The zero-order valence-electron chi connectivity index (χ0n) is 14.0.